The number of nitrogens with zero attached hydrogens (tertiary/aromatic N) is 2. The van der Waals surface area contributed by atoms with Gasteiger partial charge in [-0.15, -0.1) is 0 Å². The lowest BCUT2D eigenvalue weighted by molar-refractivity contribution is 0.316. The highest BCUT2D eigenvalue weighted by atomic mass is 15.1. The molecule has 1 heterocycles. The maximum absolute atomic E-state index is 5.95. The van der Waals surface area contributed by atoms with Crippen LogP contribution >= 0.6 is 0 Å². The molecule has 2 rings (SSSR count). The smallest absolute Gasteiger partial charge is 0.105 e. The molecule has 3 nitrogen and oxygen atoms in total. The molecule has 0 spiro atoms. The Labute approximate surface area is 79.0 Å². The summed E-state index contributed by atoms with van der Waals surface area (Å²) >= 11 is 0. The Kier molecular flexibility index (Phi) is 2.36. The van der Waals surface area contributed by atoms with E-state index in [-0.39, 0.29) is 0 Å². The van der Waals surface area contributed by atoms with Crippen molar-refractivity contribution in [3.8, 4) is 0 Å². The van der Waals surface area contributed by atoms with Crippen LogP contribution in [0, 0.1) is 6.92 Å². The summed E-state index contributed by atoms with van der Waals surface area (Å²) < 4.78 is 2.26. The fourth-order valence-corrected chi connectivity index (χ4v) is 2.23. The van der Waals surface area contributed by atoms with E-state index in [1.165, 1.54) is 19.3 Å². The Hall–Kier alpha value is -0.830. The number of hydrogen-bond donors (Lipinski definition) is 1. The normalized spacial score (nSPS) is 29.1. The first-order valence-electron chi connectivity index (χ1n) is 5.02. The van der Waals surface area contributed by atoms with Gasteiger partial charge in [0.15, 0.2) is 0 Å². The molecular formula is C10H17N3. The van der Waals surface area contributed by atoms with Crippen LogP contribution in [-0.4, -0.2) is 15.6 Å². The van der Waals surface area contributed by atoms with Crippen LogP contribution < -0.4 is 5.73 Å². The number of imidazole rings is 1. The Morgan fingerprint density at radius 1 is 1.54 bits per heavy atom. The van der Waals surface area contributed by atoms with Crippen LogP contribution in [-0.2, 0) is 0 Å². The molecule has 72 valence electrons. The van der Waals surface area contributed by atoms with Gasteiger partial charge >= 0.3 is 0 Å². The summed E-state index contributed by atoms with van der Waals surface area (Å²) in [6.45, 7) is 2.06. The summed E-state index contributed by atoms with van der Waals surface area (Å²) in [4.78, 5) is 4.24. The topological polar surface area (TPSA) is 43.8 Å². The zero-order valence-electron chi connectivity index (χ0n) is 8.11. The summed E-state index contributed by atoms with van der Waals surface area (Å²) in [5.41, 5.74) is 5.95. The maximum Gasteiger partial charge on any atom is 0.105 e. The van der Waals surface area contributed by atoms with Crippen molar-refractivity contribution in [1.29, 1.82) is 0 Å². The number of hydrogen-bond acceptors (Lipinski definition) is 2. The van der Waals surface area contributed by atoms with Crippen LogP contribution in [0.4, 0.5) is 0 Å². The molecule has 2 unspecified atom stereocenters. The second-order valence-electron chi connectivity index (χ2n) is 3.96. The van der Waals surface area contributed by atoms with Crippen molar-refractivity contribution in [1.82, 2.24) is 9.55 Å². The molecule has 0 radical (unpaired) electrons. The van der Waals surface area contributed by atoms with E-state index < -0.39 is 0 Å². The predicted octanol–water partition coefficient (Wildman–Crippen LogP) is 1.63. The van der Waals surface area contributed by atoms with E-state index in [0.29, 0.717) is 12.1 Å². The SMILES string of the molecule is Cc1nccn1C1CCCC(N)C1. The van der Waals surface area contributed by atoms with Crippen molar-refractivity contribution in [3.63, 3.8) is 0 Å². The average Bonchev–Trinajstić information content (AvgIpc) is 2.51. The molecule has 1 saturated carbocycles. The molecule has 0 aromatic carbocycles. The number of aryl methyl sites for hydroxylation is 1. The van der Waals surface area contributed by atoms with E-state index in [1.54, 1.807) is 0 Å². The van der Waals surface area contributed by atoms with Crippen molar-refractivity contribution in [2.24, 2.45) is 5.73 Å². The van der Waals surface area contributed by atoms with Crippen molar-refractivity contribution in [2.45, 2.75) is 44.7 Å². The van der Waals surface area contributed by atoms with Crippen molar-refractivity contribution >= 4 is 0 Å². The summed E-state index contributed by atoms with van der Waals surface area (Å²) in [5, 5.41) is 0. The number of rotatable bonds is 1. The second kappa shape index (κ2) is 3.50. The third-order valence-corrected chi connectivity index (χ3v) is 2.94. The van der Waals surface area contributed by atoms with Gasteiger partial charge < -0.3 is 10.3 Å². The van der Waals surface area contributed by atoms with Crippen LogP contribution in [0.25, 0.3) is 0 Å². The van der Waals surface area contributed by atoms with Gasteiger partial charge in [0.1, 0.15) is 5.82 Å². The van der Waals surface area contributed by atoms with Crippen LogP contribution in [0.3, 0.4) is 0 Å². The minimum Gasteiger partial charge on any atom is -0.332 e. The van der Waals surface area contributed by atoms with Gasteiger partial charge in [0.05, 0.1) is 0 Å². The van der Waals surface area contributed by atoms with Crippen LogP contribution in [0.2, 0.25) is 0 Å². The first kappa shape index (κ1) is 8.75. The van der Waals surface area contributed by atoms with Crippen LogP contribution in [0.1, 0.15) is 37.5 Å². The van der Waals surface area contributed by atoms with Crippen LogP contribution in [0.5, 0.6) is 0 Å². The highest BCUT2D eigenvalue weighted by Crippen LogP contribution is 2.27. The molecule has 1 aliphatic rings. The van der Waals surface area contributed by atoms with Gasteiger partial charge in [0.25, 0.3) is 0 Å². The Balaban J connectivity index is 2.12. The highest BCUT2D eigenvalue weighted by Gasteiger charge is 2.20. The Bertz CT molecular complexity index is 279. The molecule has 0 saturated heterocycles. The van der Waals surface area contributed by atoms with Gasteiger partial charge in [-0.05, 0) is 32.6 Å². The molecule has 0 aliphatic heterocycles. The van der Waals surface area contributed by atoms with Gasteiger partial charge in [-0.25, -0.2) is 4.98 Å². The first-order valence-corrected chi connectivity index (χ1v) is 5.02. The third-order valence-electron chi connectivity index (χ3n) is 2.94. The van der Waals surface area contributed by atoms with Crippen molar-refractivity contribution in [3.05, 3.63) is 18.2 Å². The van der Waals surface area contributed by atoms with Gasteiger partial charge in [-0.3, -0.25) is 0 Å². The maximum atomic E-state index is 5.95. The lowest BCUT2D eigenvalue weighted by Crippen LogP contribution is -2.29. The zero-order chi connectivity index (χ0) is 9.26. The molecule has 1 aliphatic carbocycles. The van der Waals surface area contributed by atoms with E-state index in [1.807, 2.05) is 6.20 Å². The largest absolute Gasteiger partial charge is 0.332 e. The Morgan fingerprint density at radius 2 is 2.38 bits per heavy atom. The summed E-state index contributed by atoms with van der Waals surface area (Å²) in [6, 6.07) is 0.979. The minimum atomic E-state index is 0.389. The first-order chi connectivity index (χ1) is 6.27. The molecule has 2 atom stereocenters. The fourth-order valence-electron chi connectivity index (χ4n) is 2.23. The quantitative estimate of drug-likeness (QED) is 0.712. The third kappa shape index (κ3) is 1.75. The molecule has 13 heavy (non-hydrogen) atoms. The monoisotopic (exact) mass is 179 g/mol. The van der Waals surface area contributed by atoms with E-state index in [2.05, 4.69) is 22.7 Å². The van der Waals surface area contributed by atoms with Gasteiger partial charge in [0.2, 0.25) is 0 Å². The highest BCUT2D eigenvalue weighted by molar-refractivity contribution is 4.94. The Morgan fingerprint density at radius 3 is 3.00 bits per heavy atom. The van der Waals surface area contributed by atoms with Gasteiger partial charge in [-0.1, -0.05) is 0 Å². The summed E-state index contributed by atoms with van der Waals surface area (Å²) in [5.74, 6) is 1.11. The van der Waals surface area contributed by atoms with E-state index in [9.17, 15) is 0 Å². The second-order valence-corrected chi connectivity index (χ2v) is 3.96. The van der Waals surface area contributed by atoms with E-state index in [4.69, 9.17) is 5.73 Å². The van der Waals surface area contributed by atoms with Gasteiger partial charge in [-0.2, -0.15) is 0 Å². The molecule has 0 bridgehead atoms. The lowest BCUT2D eigenvalue weighted by Gasteiger charge is -2.28. The zero-order valence-corrected chi connectivity index (χ0v) is 8.11. The average molecular weight is 179 g/mol. The van der Waals surface area contributed by atoms with E-state index in [0.717, 1.165) is 12.2 Å². The van der Waals surface area contributed by atoms with Crippen molar-refractivity contribution in [2.75, 3.05) is 0 Å². The number of aromatic nitrogens is 2. The fraction of sp³-hybridized carbons (Fsp3) is 0.700. The predicted molar refractivity (Wildman–Crippen MR) is 52.4 cm³/mol. The number of nitrogens with two attached hydrogens (primary N) is 1. The summed E-state index contributed by atoms with van der Waals surface area (Å²) in [7, 11) is 0. The molecule has 1 fully saturated rings. The summed E-state index contributed by atoms with van der Waals surface area (Å²) in [6.07, 6.45) is 8.74. The van der Waals surface area contributed by atoms with Crippen molar-refractivity contribution < 1.29 is 0 Å². The van der Waals surface area contributed by atoms with Gasteiger partial charge in [0, 0.05) is 24.5 Å². The molecule has 2 N–H and O–H groups in total. The van der Waals surface area contributed by atoms with Crippen LogP contribution in [0.15, 0.2) is 12.4 Å². The molecule has 1 aromatic heterocycles. The molecule has 1 aromatic rings. The molecule has 3 heteroatoms. The minimum absolute atomic E-state index is 0.389. The molecule has 0 amide bonds. The lowest BCUT2D eigenvalue weighted by atomic mass is 9.91. The standard InChI is InChI=1S/C10H17N3/c1-8-12-5-6-13(8)10-4-2-3-9(11)7-10/h5-6,9-10H,2-4,7,11H2,1H3. The molecular weight excluding hydrogens is 162 g/mol. The van der Waals surface area contributed by atoms with E-state index >= 15 is 0 Å².